The average molecular weight is 493 g/mol. The van der Waals surface area contributed by atoms with Crippen LogP contribution in [-0.4, -0.2) is 57.4 Å². The highest BCUT2D eigenvalue weighted by Gasteiger charge is 2.13. The van der Waals surface area contributed by atoms with Gasteiger partial charge in [-0.2, -0.15) is 0 Å². The number of halogens is 2. The van der Waals surface area contributed by atoms with Crippen molar-refractivity contribution >= 4 is 29.9 Å². The van der Waals surface area contributed by atoms with Crippen LogP contribution in [0.1, 0.15) is 31.7 Å². The fraction of sp³-hybridized carbons (Fsp3) is 0.650. The van der Waals surface area contributed by atoms with Crippen LogP contribution in [0, 0.1) is 11.7 Å². The molecule has 1 aliphatic rings. The van der Waals surface area contributed by atoms with E-state index >= 15 is 0 Å². The Morgan fingerprint density at radius 1 is 1.37 bits per heavy atom. The third-order valence-electron chi connectivity index (χ3n) is 4.41. The molecule has 2 rings (SSSR count). The van der Waals surface area contributed by atoms with E-state index in [-0.39, 0.29) is 29.8 Å². The average Bonchev–Trinajstić information content (AvgIpc) is 2.64. The topological polar surface area (TPSA) is 46.1 Å². The molecule has 0 aromatic heterocycles. The Labute approximate surface area is 179 Å². The molecule has 0 aliphatic carbocycles. The predicted octanol–water partition coefficient (Wildman–Crippen LogP) is 3.67. The first kappa shape index (κ1) is 24.1. The smallest absolute Gasteiger partial charge is 0.193 e. The maximum Gasteiger partial charge on any atom is 0.193 e. The van der Waals surface area contributed by atoms with Gasteiger partial charge in [0, 0.05) is 53.1 Å². The molecular formula is C20H33FIN3O2. The van der Waals surface area contributed by atoms with Gasteiger partial charge in [-0.1, -0.05) is 12.1 Å². The fourth-order valence-corrected chi connectivity index (χ4v) is 2.97. The summed E-state index contributed by atoms with van der Waals surface area (Å²) < 4.78 is 24.5. The van der Waals surface area contributed by atoms with Crippen LogP contribution in [0.4, 0.5) is 4.39 Å². The van der Waals surface area contributed by atoms with Gasteiger partial charge in [-0.3, -0.25) is 4.99 Å². The first-order valence-electron chi connectivity index (χ1n) is 9.58. The molecule has 1 saturated heterocycles. The molecule has 1 aromatic carbocycles. The molecule has 0 amide bonds. The molecule has 0 radical (unpaired) electrons. The van der Waals surface area contributed by atoms with Crippen molar-refractivity contribution in [2.45, 2.75) is 32.7 Å². The van der Waals surface area contributed by atoms with E-state index < -0.39 is 0 Å². The lowest BCUT2D eigenvalue weighted by Gasteiger charge is -2.22. The van der Waals surface area contributed by atoms with Crippen molar-refractivity contribution in [3.05, 3.63) is 35.6 Å². The SMILES string of the molecule is CCNC(=NCCCOCC1CCOCC1)N(C)Cc1cccc(F)c1.I. The van der Waals surface area contributed by atoms with Gasteiger partial charge < -0.3 is 19.7 Å². The number of nitrogens with one attached hydrogen (secondary N) is 1. The summed E-state index contributed by atoms with van der Waals surface area (Å²) in [5, 5.41) is 3.29. The second-order valence-electron chi connectivity index (χ2n) is 6.71. The summed E-state index contributed by atoms with van der Waals surface area (Å²) in [5.74, 6) is 1.27. The lowest BCUT2D eigenvalue weighted by atomic mass is 10.0. The van der Waals surface area contributed by atoms with Crippen LogP contribution < -0.4 is 5.32 Å². The van der Waals surface area contributed by atoms with Crippen molar-refractivity contribution in [3.8, 4) is 0 Å². The molecule has 0 atom stereocenters. The zero-order chi connectivity index (χ0) is 18.6. The van der Waals surface area contributed by atoms with Crippen LogP contribution in [0.3, 0.4) is 0 Å². The van der Waals surface area contributed by atoms with Gasteiger partial charge in [-0.05, 0) is 49.8 Å². The zero-order valence-corrected chi connectivity index (χ0v) is 18.8. The molecule has 1 fully saturated rings. The standard InChI is InChI=1S/C20H32FN3O2.HI/c1-3-22-20(24(2)15-18-6-4-7-19(21)14-18)23-10-5-11-26-16-17-8-12-25-13-9-17;/h4,6-7,14,17H,3,5,8-13,15-16H2,1-2H3,(H,22,23);1H. The molecule has 0 spiro atoms. The summed E-state index contributed by atoms with van der Waals surface area (Å²) in [5.41, 5.74) is 0.929. The minimum Gasteiger partial charge on any atom is -0.381 e. The zero-order valence-electron chi connectivity index (χ0n) is 16.5. The number of aliphatic imine (C=N–C) groups is 1. The summed E-state index contributed by atoms with van der Waals surface area (Å²) in [7, 11) is 1.97. The number of hydrogen-bond donors (Lipinski definition) is 1. The highest BCUT2D eigenvalue weighted by molar-refractivity contribution is 14.0. The van der Waals surface area contributed by atoms with E-state index in [1.165, 1.54) is 6.07 Å². The summed E-state index contributed by atoms with van der Waals surface area (Å²) in [6.07, 6.45) is 3.10. The lowest BCUT2D eigenvalue weighted by Crippen LogP contribution is -2.38. The molecule has 0 saturated carbocycles. The number of ether oxygens (including phenoxy) is 2. The van der Waals surface area contributed by atoms with Crippen molar-refractivity contribution in [2.24, 2.45) is 10.9 Å². The molecular weight excluding hydrogens is 460 g/mol. The predicted molar refractivity (Wildman–Crippen MR) is 118 cm³/mol. The summed E-state index contributed by atoms with van der Waals surface area (Å²) in [4.78, 5) is 6.67. The quantitative estimate of drug-likeness (QED) is 0.247. The van der Waals surface area contributed by atoms with E-state index in [1.54, 1.807) is 12.1 Å². The molecule has 1 heterocycles. The first-order valence-corrected chi connectivity index (χ1v) is 9.58. The third kappa shape index (κ3) is 9.71. The number of guanidine groups is 1. The monoisotopic (exact) mass is 493 g/mol. The van der Waals surface area contributed by atoms with Crippen molar-refractivity contribution in [2.75, 3.05) is 46.6 Å². The van der Waals surface area contributed by atoms with E-state index in [1.807, 2.05) is 24.9 Å². The molecule has 1 N–H and O–H groups in total. The van der Waals surface area contributed by atoms with Crippen molar-refractivity contribution < 1.29 is 13.9 Å². The van der Waals surface area contributed by atoms with Gasteiger partial charge in [-0.15, -0.1) is 24.0 Å². The van der Waals surface area contributed by atoms with Crippen LogP contribution in [0.25, 0.3) is 0 Å². The second-order valence-corrected chi connectivity index (χ2v) is 6.71. The normalized spacial score (nSPS) is 15.3. The molecule has 0 unspecified atom stereocenters. The van der Waals surface area contributed by atoms with Gasteiger partial charge in [0.05, 0.1) is 0 Å². The van der Waals surface area contributed by atoms with Crippen LogP contribution in [0.5, 0.6) is 0 Å². The van der Waals surface area contributed by atoms with E-state index in [2.05, 4.69) is 10.3 Å². The highest BCUT2D eigenvalue weighted by atomic mass is 127. The van der Waals surface area contributed by atoms with Gasteiger partial charge in [0.25, 0.3) is 0 Å². The molecule has 1 aliphatic heterocycles. The lowest BCUT2D eigenvalue weighted by molar-refractivity contribution is 0.0205. The Hall–Kier alpha value is -0.930. The van der Waals surface area contributed by atoms with Gasteiger partial charge in [0.15, 0.2) is 5.96 Å². The highest BCUT2D eigenvalue weighted by Crippen LogP contribution is 2.14. The van der Waals surface area contributed by atoms with E-state index in [4.69, 9.17) is 9.47 Å². The molecule has 0 bridgehead atoms. The van der Waals surface area contributed by atoms with E-state index in [9.17, 15) is 4.39 Å². The molecule has 5 nitrogen and oxygen atoms in total. The Bertz CT molecular complexity index is 554. The van der Waals surface area contributed by atoms with Gasteiger partial charge in [-0.25, -0.2) is 4.39 Å². The molecule has 1 aromatic rings. The summed E-state index contributed by atoms with van der Waals surface area (Å²) >= 11 is 0. The minimum absolute atomic E-state index is 0. The number of rotatable bonds is 9. The van der Waals surface area contributed by atoms with Gasteiger partial charge in [0.2, 0.25) is 0 Å². The second kappa shape index (κ2) is 14.1. The number of nitrogens with zero attached hydrogens (tertiary/aromatic N) is 2. The van der Waals surface area contributed by atoms with Gasteiger partial charge >= 0.3 is 0 Å². The van der Waals surface area contributed by atoms with Crippen LogP contribution in [-0.2, 0) is 16.0 Å². The molecule has 154 valence electrons. The largest absolute Gasteiger partial charge is 0.381 e. The number of hydrogen-bond acceptors (Lipinski definition) is 3. The minimum atomic E-state index is -0.209. The Kier molecular flexibility index (Phi) is 12.6. The maximum atomic E-state index is 13.3. The third-order valence-corrected chi connectivity index (χ3v) is 4.41. The van der Waals surface area contributed by atoms with Crippen LogP contribution >= 0.6 is 24.0 Å². The van der Waals surface area contributed by atoms with Crippen LogP contribution in [0.2, 0.25) is 0 Å². The van der Waals surface area contributed by atoms with E-state index in [0.29, 0.717) is 19.0 Å². The number of benzene rings is 1. The Morgan fingerprint density at radius 2 is 2.15 bits per heavy atom. The summed E-state index contributed by atoms with van der Waals surface area (Å²) in [6.45, 7) is 7.45. The van der Waals surface area contributed by atoms with Gasteiger partial charge in [0.1, 0.15) is 5.82 Å². The molecule has 27 heavy (non-hydrogen) atoms. The van der Waals surface area contributed by atoms with Crippen molar-refractivity contribution in [3.63, 3.8) is 0 Å². The fourth-order valence-electron chi connectivity index (χ4n) is 2.97. The van der Waals surface area contributed by atoms with E-state index in [0.717, 1.165) is 63.8 Å². The molecule has 7 heteroatoms. The maximum absolute atomic E-state index is 13.3. The Morgan fingerprint density at radius 3 is 2.85 bits per heavy atom. The van der Waals surface area contributed by atoms with Crippen LogP contribution in [0.15, 0.2) is 29.3 Å². The Balaban J connectivity index is 0.00000364. The van der Waals surface area contributed by atoms with Crippen molar-refractivity contribution in [1.82, 2.24) is 10.2 Å². The summed E-state index contributed by atoms with van der Waals surface area (Å²) in [6, 6.07) is 6.68. The van der Waals surface area contributed by atoms with Crippen molar-refractivity contribution in [1.29, 1.82) is 0 Å². The first-order chi connectivity index (χ1) is 12.7.